The number of benzene rings is 1. The lowest BCUT2D eigenvalue weighted by atomic mass is 10.1. The van der Waals surface area contributed by atoms with Crippen LogP contribution in [0.3, 0.4) is 0 Å². The summed E-state index contributed by atoms with van der Waals surface area (Å²) in [7, 11) is 0. The Kier molecular flexibility index (Phi) is 7.54. The van der Waals surface area contributed by atoms with Gasteiger partial charge in [0.2, 0.25) is 0 Å². The summed E-state index contributed by atoms with van der Waals surface area (Å²) in [6.45, 7) is 7.93. The van der Waals surface area contributed by atoms with Crippen molar-refractivity contribution in [3.05, 3.63) is 34.9 Å². The number of rotatable bonds is 9. The van der Waals surface area contributed by atoms with Crippen LogP contribution in [0.2, 0.25) is 0 Å². The van der Waals surface area contributed by atoms with E-state index in [1.165, 1.54) is 0 Å². The molecule has 4 nitrogen and oxygen atoms in total. The summed E-state index contributed by atoms with van der Waals surface area (Å²) in [6, 6.07) is 3.83. The molecule has 0 aliphatic rings. The van der Waals surface area contributed by atoms with Crippen LogP contribution < -0.4 is 4.74 Å². The molecule has 0 fully saturated rings. The molecule has 21 heavy (non-hydrogen) atoms. The Bertz CT molecular complexity index is 469. The molecule has 116 valence electrons. The monoisotopic (exact) mass is 292 g/mol. The average molecular weight is 292 g/mol. The topological polar surface area (TPSA) is 55.8 Å². The van der Waals surface area contributed by atoms with Crippen molar-refractivity contribution in [1.29, 1.82) is 0 Å². The smallest absolute Gasteiger partial charge is 0.328 e. The molecule has 1 aromatic carbocycles. The molecule has 0 saturated carbocycles. The van der Waals surface area contributed by atoms with E-state index in [1.807, 2.05) is 26.0 Å². The lowest BCUT2D eigenvalue weighted by Crippen LogP contribution is -2.09. The number of hydrogen-bond donors (Lipinski definition) is 1. The van der Waals surface area contributed by atoms with E-state index in [1.54, 1.807) is 6.08 Å². The van der Waals surface area contributed by atoms with E-state index in [4.69, 9.17) is 14.6 Å². The van der Waals surface area contributed by atoms with E-state index >= 15 is 0 Å². The van der Waals surface area contributed by atoms with E-state index < -0.39 is 5.97 Å². The van der Waals surface area contributed by atoms with Gasteiger partial charge in [0.25, 0.3) is 0 Å². The van der Waals surface area contributed by atoms with Gasteiger partial charge in [0, 0.05) is 12.7 Å². The Labute approximate surface area is 126 Å². The number of ether oxygens (including phenoxy) is 2. The highest BCUT2D eigenvalue weighted by Gasteiger charge is 2.05. The Morgan fingerprint density at radius 1 is 1.19 bits per heavy atom. The van der Waals surface area contributed by atoms with Crippen molar-refractivity contribution in [2.45, 2.75) is 33.6 Å². The number of carboxylic acid groups (broad SMARTS) is 1. The number of carbonyl (C=O) groups is 1. The third-order valence-corrected chi connectivity index (χ3v) is 3.02. The number of aryl methyl sites for hydroxylation is 2. The quantitative estimate of drug-likeness (QED) is 0.558. The van der Waals surface area contributed by atoms with Crippen LogP contribution in [0.15, 0.2) is 18.2 Å². The third kappa shape index (κ3) is 6.45. The van der Waals surface area contributed by atoms with Crippen molar-refractivity contribution in [1.82, 2.24) is 0 Å². The largest absolute Gasteiger partial charge is 0.491 e. The number of hydrogen-bond acceptors (Lipinski definition) is 3. The second kappa shape index (κ2) is 9.19. The number of unbranched alkanes of at least 4 members (excludes halogenated alkanes) is 1. The summed E-state index contributed by atoms with van der Waals surface area (Å²) >= 11 is 0. The molecule has 0 unspecified atom stereocenters. The molecule has 0 amide bonds. The van der Waals surface area contributed by atoms with Gasteiger partial charge < -0.3 is 14.6 Å². The Balaban J connectivity index is 2.57. The van der Waals surface area contributed by atoms with Gasteiger partial charge in [-0.05, 0) is 55.2 Å². The van der Waals surface area contributed by atoms with Crippen LogP contribution in [0.1, 0.15) is 36.5 Å². The second-order valence-electron chi connectivity index (χ2n) is 4.97. The van der Waals surface area contributed by atoms with Crippen molar-refractivity contribution < 1.29 is 19.4 Å². The van der Waals surface area contributed by atoms with E-state index in [-0.39, 0.29) is 0 Å². The Hall–Kier alpha value is -1.81. The summed E-state index contributed by atoms with van der Waals surface area (Å²) in [5, 5.41) is 8.65. The maximum Gasteiger partial charge on any atom is 0.328 e. The minimum atomic E-state index is -0.949. The summed E-state index contributed by atoms with van der Waals surface area (Å²) < 4.78 is 11.2. The van der Waals surface area contributed by atoms with E-state index in [9.17, 15) is 4.79 Å². The zero-order valence-electron chi connectivity index (χ0n) is 13.0. The molecule has 4 heteroatoms. The molecular formula is C17H24O4. The molecule has 0 heterocycles. The molecule has 1 rings (SSSR count). The molecule has 1 aromatic rings. The van der Waals surface area contributed by atoms with Crippen LogP contribution in [0.4, 0.5) is 0 Å². The molecule has 0 spiro atoms. The fraction of sp³-hybridized carbons (Fsp3) is 0.471. The third-order valence-electron chi connectivity index (χ3n) is 3.02. The molecule has 0 aliphatic carbocycles. The molecule has 0 bridgehead atoms. The van der Waals surface area contributed by atoms with Crippen LogP contribution in [-0.2, 0) is 9.53 Å². The first-order valence-corrected chi connectivity index (χ1v) is 7.27. The van der Waals surface area contributed by atoms with Crippen LogP contribution >= 0.6 is 0 Å². The minimum Gasteiger partial charge on any atom is -0.491 e. The Morgan fingerprint density at radius 2 is 1.86 bits per heavy atom. The van der Waals surface area contributed by atoms with Crippen molar-refractivity contribution in [3.63, 3.8) is 0 Å². The Morgan fingerprint density at radius 3 is 2.43 bits per heavy atom. The fourth-order valence-corrected chi connectivity index (χ4v) is 2.03. The normalized spacial score (nSPS) is 11.0. The van der Waals surface area contributed by atoms with E-state index in [2.05, 4.69) is 6.92 Å². The highest BCUT2D eigenvalue weighted by molar-refractivity contribution is 5.85. The lowest BCUT2D eigenvalue weighted by Gasteiger charge is -2.13. The van der Waals surface area contributed by atoms with E-state index in [0.717, 1.165) is 48.0 Å². The lowest BCUT2D eigenvalue weighted by molar-refractivity contribution is -0.131. The van der Waals surface area contributed by atoms with Gasteiger partial charge in [-0.25, -0.2) is 4.79 Å². The van der Waals surface area contributed by atoms with Crippen LogP contribution in [0.5, 0.6) is 5.75 Å². The van der Waals surface area contributed by atoms with Crippen LogP contribution in [0.25, 0.3) is 6.08 Å². The first kappa shape index (κ1) is 17.2. The summed E-state index contributed by atoms with van der Waals surface area (Å²) in [5.74, 6) is -0.101. The van der Waals surface area contributed by atoms with Crippen molar-refractivity contribution >= 4 is 12.0 Å². The van der Waals surface area contributed by atoms with Crippen LogP contribution in [0, 0.1) is 13.8 Å². The number of aliphatic carboxylic acids is 1. The van der Waals surface area contributed by atoms with Gasteiger partial charge in [-0.1, -0.05) is 13.3 Å². The SMILES string of the molecule is CCCCOCCOc1c(C)cc(C=CC(=O)O)cc1C. The number of carboxylic acids is 1. The predicted octanol–water partition coefficient (Wildman–Crippen LogP) is 3.60. The summed E-state index contributed by atoms with van der Waals surface area (Å²) in [6.07, 6.45) is 4.92. The minimum absolute atomic E-state index is 0.524. The van der Waals surface area contributed by atoms with Crippen molar-refractivity contribution in [2.24, 2.45) is 0 Å². The van der Waals surface area contributed by atoms with Crippen LogP contribution in [-0.4, -0.2) is 30.9 Å². The first-order valence-electron chi connectivity index (χ1n) is 7.27. The average Bonchev–Trinajstić information content (AvgIpc) is 2.42. The second-order valence-corrected chi connectivity index (χ2v) is 4.97. The first-order chi connectivity index (χ1) is 10.0. The fourth-order valence-electron chi connectivity index (χ4n) is 2.03. The zero-order valence-corrected chi connectivity index (χ0v) is 13.0. The molecule has 0 atom stereocenters. The molecule has 1 N–H and O–H groups in total. The highest BCUT2D eigenvalue weighted by atomic mass is 16.5. The van der Waals surface area contributed by atoms with Gasteiger partial charge in [0.1, 0.15) is 12.4 Å². The highest BCUT2D eigenvalue weighted by Crippen LogP contribution is 2.25. The van der Waals surface area contributed by atoms with Gasteiger partial charge in [-0.3, -0.25) is 0 Å². The summed E-state index contributed by atoms with van der Waals surface area (Å²) in [4.78, 5) is 10.5. The van der Waals surface area contributed by atoms with Crippen molar-refractivity contribution in [2.75, 3.05) is 19.8 Å². The molecule has 0 saturated heterocycles. The van der Waals surface area contributed by atoms with E-state index in [0.29, 0.717) is 13.2 Å². The molecule has 0 aromatic heterocycles. The molecule has 0 aliphatic heterocycles. The van der Waals surface area contributed by atoms with Gasteiger partial charge >= 0.3 is 5.97 Å². The summed E-state index contributed by atoms with van der Waals surface area (Å²) in [5.41, 5.74) is 2.85. The molecular weight excluding hydrogens is 268 g/mol. The van der Waals surface area contributed by atoms with Gasteiger partial charge in [0.05, 0.1) is 6.61 Å². The van der Waals surface area contributed by atoms with Gasteiger partial charge in [-0.2, -0.15) is 0 Å². The molecule has 0 radical (unpaired) electrons. The maximum atomic E-state index is 10.5. The zero-order chi connectivity index (χ0) is 15.7. The standard InChI is InChI=1S/C17H24O4/c1-4-5-8-20-9-10-21-17-13(2)11-15(12-14(17)3)6-7-16(18)19/h6-7,11-12H,4-5,8-10H2,1-3H3,(H,18,19). The van der Waals surface area contributed by atoms with Crippen molar-refractivity contribution in [3.8, 4) is 5.75 Å². The maximum absolute atomic E-state index is 10.5. The van der Waals surface area contributed by atoms with Gasteiger partial charge in [0.15, 0.2) is 0 Å². The van der Waals surface area contributed by atoms with Gasteiger partial charge in [-0.15, -0.1) is 0 Å². The predicted molar refractivity (Wildman–Crippen MR) is 83.8 cm³/mol.